The summed E-state index contributed by atoms with van der Waals surface area (Å²) in [6, 6.07) is 10.3. The van der Waals surface area contributed by atoms with Crippen molar-refractivity contribution in [1.82, 2.24) is 0 Å². The van der Waals surface area contributed by atoms with Crippen LogP contribution < -0.4 is 10.6 Å². The molecule has 0 aliphatic rings. The summed E-state index contributed by atoms with van der Waals surface area (Å²) >= 11 is 6.63. The molecule has 0 atom stereocenters. The number of halogens is 2. The van der Waals surface area contributed by atoms with Gasteiger partial charge in [-0.1, -0.05) is 0 Å². The van der Waals surface area contributed by atoms with Gasteiger partial charge in [0, 0.05) is 28.7 Å². The van der Waals surface area contributed by atoms with Crippen LogP contribution in [0.3, 0.4) is 0 Å². The summed E-state index contributed by atoms with van der Waals surface area (Å²) in [5.41, 5.74) is 8.05. The summed E-state index contributed by atoms with van der Waals surface area (Å²) in [5, 5.41) is 0. The van der Waals surface area contributed by atoms with E-state index in [0.29, 0.717) is 16.8 Å². The molecule has 2 rings (SSSR count). The number of ether oxygens (including phenoxy) is 2. The Morgan fingerprint density at radius 3 is 1.77 bits per heavy atom. The molecule has 0 bridgehead atoms. The van der Waals surface area contributed by atoms with Gasteiger partial charge in [0.05, 0.1) is 31.0 Å². The largest absolute Gasteiger partial charge is 0.465 e. The van der Waals surface area contributed by atoms with Crippen molar-refractivity contribution in [2.45, 2.75) is 0 Å². The third kappa shape index (κ3) is 6.03. The van der Waals surface area contributed by atoms with Gasteiger partial charge in [-0.3, -0.25) is 0 Å². The zero-order chi connectivity index (χ0) is 19.9. The van der Waals surface area contributed by atoms with Crippen molar-refractivity contribution in [2.75, 3.05) is 38.9 Å². The van der Waals surface area contributed by atoms with Crippen molar-refractivity contribution < 1.29 is 19.1 Å². The van der Waals surface area contributed by atoms with Crippen LogP contribution in [-0.2, 0) is 9.47 Å². The lowest BCUT2D eigenvalue weighted by Crippen LogP contribution is -2.11. The van der Waals surface area contributed by atoms with Crippen LogP contribution >= 0.6 is 31.9 Å². The maximum atomic E-state index is 11.2. The summed E-state index contributed by atoms with van der Waals surface area (Å²) in [6.45, 7) is 0. The van der Waals surface area contributed by atoms with Crippen LogP contribution in [0.2, 0.25) is 0 Å². The van der Waals surface area contributed by atoms with E-state index in [1.165, 1.54) is 14.2 Å². The van der Waals surface area contributed by atoms with Gasteiger partial charge in [0.2, 0.25) is 0 Å². The molecule has 0 aliphatic heterocycles. The molecule has 0 spiro atoms. The average Bonchev–Trinajstić information content (AvgIpc) is 2.63. The molecule has 0 saturated carbocycles. The van der Waals surface area contributed by atoms with Gasteiger partial charge < -0.3 is 20.1 Å². The van der Waals surface area contributed by atoms with E-state index in [4.69, 9.17) is 5.73 Å². The first kappa shape index (κ1) is 22.0. The van der Waals surface area contributed by atoms with E-state index in [1.807, 2.05) is 25.1 Å². The van der Waals surface area contributed by atoms with E-state index in [2.05, 4.69) is 41.3 Å². The number of hydrogen-bond acceptors (Lipinski definition) is 6. The minimum absolute atomic E-state index is 0.319. The Hall–Kier alpha value is -2.06. The molecular formula is C18H20Br2N2O4. The molecule has 6 nitrogen and oxygen atoms in total. The predicted octanol–water partition coefficient (Wildman–Crippen LogP) is 4.12. The van der Waals surface area contributed by atoms with Gasteiger partial charge in [0.1, 0.15) is 0 Å². The zero-order valence-corrected chi connectivity index (χ0v) is 18.0. The van der Waals surface area contributed by atoms with E-state index in [1.54, 1.807) is 30.3 Å². The number of anilines is 2. The van der Waals surface area contributed by atoms with Crippen molar-refractivity contribution in [1.29, 1.82) is 0 Å². The first-order valence-corrected chi connectivity index (χ1v) is 8.98. The number of methoxy groups -OCH3 is 2. The minimum atomic E-state index is -0.380. The SMILES string of the molecule is COC(=O)c1ccc(Br)c(N(C)C)c1.COC(=O)c1ccc(Br)c(N)c1. The Labute approximate surface area is 169 Å². The molecule has 0 aromatic heterocycles. The van der Waals surface area contributed by atoms with Crippen LogP contribution in [0.1, 0.15) is 20.7 Å². The summed E-state index contributed by atoms with van der Waals surface area (Å²) in [6.07, 6.45) is 0. The maximum Gasteiger partial charge on any atom is 0.337 e. The number of rotatable bonds is 3. The highest BCUT2D eigenvalue weighted by atomic mass is 79.9. The van der Waals surface area contributed by atoms with Crippen molar-refractivity contribution in [3.63, 3.8) is 0 Å². The van der Waals surface area contributed by atoms with Crippen LogP contribution in [-0.4, -0.2) is 40.3 Å². The molecule has 2 N–H and O–H groups in total. The van der Waals surface area contributed by atoms with Crippen molar-refractivity contribution >= 4 is 55.2 Å². The maximum absolute atomic E-state index is 11.2. The van der Waals surface area contributed by atoms with Gasteiger partial charge in [-0.2, -0.15) is 0 Å². The summed E-state index contributed by atoms with van der Waals surface area (Å²) in [5.74, 6) is -0.699. The summed E-state index contributed by atoms with van der Waals surface area (Å²) in [4.78, 5) is 24.2. The standard InChI is InChI=1S/C10H12BrNO2.C8H8BrNO2/c1-12(2)9-6-7(10(13)14-3)4-5-8(9)11;1-12-8(11)5-2-3-6(9)7(10)4-5/h4-6H,1-3H3;2-4H,10H2,1H3. The minimum Gasteiger partial charge on any atom is -0.465 e. The smallest absolute Gasteiger partial charge is 0.337 e. The number of carbonyl (C=O) groups excluding carboxylic acids is 2. The van der Waals surface area contributed by atoms with Crippen molar-refractivity contribution in [2.24, 2.45) is 0 Å². The fraction of sp³-hybridized carbons (Fsp3) is 0.222. The number of carbonyl (C=O) groups is 2. The van der Waals surface area contributed by atoms with Crippen molar-refractivity contribution in [3.8, 4) is 0 Å². The number of nitrogens with two attached hydrogens (primary N) is 1. The van der Waals surface area contributed by atoms with E-state index < -0.39 is 0 Å². The Morgan fingerprint density at radius 2 is 1.35 bits per heavy atom. The Kier molecular flexibility index (Phi) is 8.60. The van der Waals surface area contributed by atoms with Gasteiger partial charge in [-0.15, -0.1) is 0 Å². The molecule has 0 aliphatic carbocycles. The number of hydrogen-bond donors (Lipinski definition) is 1. The monoisotopic (exact) mass is 486 g/mol. The lowest BCUT2D eigenvalue weighted by atomic mass is 10.2. The van der Waals surface area contributed by atoms with Gasteiger partial charge in [0.25, 0.3) is 0 Å². The van der Waals surface area contributed by atoms with E-state index in [0.717, 1.165) is 14.6 Å². The molecule has 0 unspecified atom stereocenters. The average molecular weight is 488 g/mol. The second kappa shape index (κ2) is 10.2. The first-order chi connectivity index (χ1) is 12.2. The number of benzene rings is 2. The highest BCUT2D eigenvalue weighted by Gasteiger charge is 2.09. The van der Waals surface area contributed by atoms with Crippen LogP contribution in [0.4, 0.5) is 11.4 Å². The van der Waals surface area contributed by atoms with Gasteiger partial charge in [-0.25, -0.2) is 9.59 Å². The normalized spacial score (nSPS) is 9.62. The molecule has 26 heavy (non-hydrogen) atoms. The van der Waals surface area contributed by atoms with Gasteiger partial charge in [-0.05, 0) is 68.3 Å². The van der Waals surface area contributed by atoms with E-state index in [9.17, 15) is 9.59 Å². The topological polar surface area (TPSA) is 81.9 Å². The molecule has 8 heteroatoms. The number of nitrogen functional groups attached to an aromatic ring is 1. The van der Waals surface area contributed by atoms with E-state index in [-0.39, 0.29) is 11.9 Å². The highest BCUT2D eigenvalue weighted by molar-refractivity contribution is 9.11. The molecule has 2 aromatic rings. The number of nitrogens with zero attached hydrogens (tertiary/aromatic N) is 1. The van der Waals surface area contributed by atoms with E-state index >= 15 is 0 Å². The summed E-state index contributed by atoms with van der Waals surface area (Å²) in [7, 11) is 6.54. The third-order valence-electron chi connectivity index (χ3n) is 3.27. The van der Waals surface area contributed by atoms with Crippen LogP contribution in [0.25, 0.3) is 0 Å². The quantitative estimate of drug-likeness (QED) is 0.518. The molecule has 0 heterocycles. The second-order valence-corrected chi connectivity index (χ2v) is 6.99. The molecule has 0 radical (unpaired) electrons. The molecule has 2 aromatic carbocycles. The second-order valence-electron chi connectivity index (χ2n) is 5.28. The fourth-order valence-electron chi connectivity index (χ4n) is 1.89. The summed E-state index contributed by atoms with van der Waals surface area (Å²) < 4.78 is 10.9. The van der Waals surface area contributed by atoms with Crippen LogP contribution in [0, 0.1) is 0 Å². The van der Waals surface area contributed by atoms with Crippen molar-refractivity contribution in [3.05, 3.63) is 56.5 Å². The zero-order valence-electron chi connectivity index (χ0n) is 14.9. The highest BCUT2D eigenvalue weighted by Crippen LogP contribution is 2.26. The lowest BCUT2D eigenvalue weighted by molar-refractivity contribution is 0.0592. The Bertz CT molecular complexity index is 795. The Morgan fingerprint density at radius 1 is 0.885 bits per heavy atom. The molecule has 0 amide bonds. The first-order valence-electron chi connectivity index (χ1n) is 7.39. The Balaban J connectivity index is 0.000000263. The third-order valence-corrected chi connectivity index (χ3v) is 4.66. The number of esters is 2. The predicted molar refractivity (Wildman–Crippen MR) is 110 cm³/mol. The van der Waals surface area contributed by atoms with Gasteiger partial charge >= 0.3 is 11.9 Å². The lowest BCUT2D eigenvalue weighted by Gasteiger charge is -2.15. The van der Waals surface area contributed by atoms with Crippen LogP contribution in [0.5, 0.6) is 0 Å². The molecule has 140 valence electrons. The molecule has 0 fully saturated rings. The fourth-order valence-corrected chi connectivity index (χ4v) is 2.74. The molecule has 0 saturated heterocycles. The van der Waals surface area contributed by atoms with Gasteiger partial charge in [0.15, 0.2) is 0 Å². The molecular weight excluding hydrogens is 468 g/mol. The van der Waals surface area contributed by atoms with Crippen LogP contribution in [0.15, 0.2) is 45.3 Å².